The van der Waals surface area contributed by atoms with E-state index < -0.39 is 0 Å². The van der Waals surface area contributed by atoms with Crippen molar-refractivity contribution < 1.29 is 35.3 Å². The first kappa shape index (κ1) is 23.1. The van der Waals surface area contributed by atoms with Gasteiger partial charge in [-0.15, -0.1) is 17.5 Å². The van der Waals surface area contributed by atoms with Crippen molar-refractivity contribution >= 4 is 43.5 Å². The van der Waals surface area contributed by atoms with Gasteiger partial charge in [0.25, 0.3) is 0 Å². The molecule has 0 aliphatic heterocycles. The molecule has 0 amide bonds. The number of phenolic OH excluding ortho intramolecular Hbond substituents is 1. The van der Waals surface area contributed by atoms with Gasteiger partial charge < -0.3 is 14.4 Å². The zero-order chi connectivity index (χ0) is 24.2. The van der Waals surface area contributed by atoms with Crippen LogP contribution in [0.4, 0.5) is 4.39 Å². The molecule has 0 saturated carbocycles. The van der Waals surface area contributed by atoms with Gasteiger partial charge in [-0.3, -0.25) is 0 Å². The smallest absolute Gasteiger partial charge is 0.217 e. The van der Waals surface area contributed by atoms with Gasteiger partial charge in [-0.1, -0.05) is 48.0 Å². The summed E-state index contributed by atoms with van der Waals surface area (Å²) in [5.41, 5.74) is 2.06. The molecule has 182 valence electrons. The van der Waals surface area contributed by atoms with Crippen LogP contribution < -0.4 is 4.74 Å². The predicted octanol–water partition coefficient (Wildman–Crippen LogP) is 7.31. The molecule has 4 aromatic carbocycles. The van der Waals surface area contributed by atoms with Crippen molar-refractivity contribution in [3.8, 4) is 23.2 Å². The van der Waals surface area contributed by atoms with Crippen molar-refractivity contribution in [1.29, 1.82) is 0 Å². The number of aromatic nitrogens is 3. The van der Waals surface area contributed by atoms with E-state index in [0.29, 0.717) is 28.5 Å². The number of fused-ring (bicyclic) bond motifs is 5. The SMILES string of the molecule is Oc1c2ccccc2cc2ccc(Oc3[c-]c4c(cc3)c3ccccc3n4-c3cc(F)ccn3)nc12.[Pt]. The van der Waals surface area contributed by atoms with Gasteiger partial charge in [0.05, 0.1) is 0 Å². The molecule has 7 heteroatoms. The van der Waals surface area contributed by atoms with E-state index in [9.17, 15) is 9.50 Å². The van der Waals surface area contributed by atoms with Crippen LogP contribution in [0.1, 0.15) is 0 Å². The Labute approximate surface area is 225 Å². The quantitative estimate of drug-likeness (QED) is 0.159. The fourth-order valence-electron chi connectivity index (χ4n) is 4.75. The number of hydrogen-bond donors (Lipinski definition) is 1. The summed E-state index contributed by atoms with van der Waals surface area (Å²) >= 11 is 0. The van der Waals surface area contributed by atoms with Gasteiger partial charge >= 0.3 is 0 Å². The third-order valence-electron chi connectivity index (χ3n) is 6.36. The monoisotopic (exact) mass is 665 g/mol. The number of benzene rings is 4. The maximum Gasteiger partial charge on any atom is 0.217 e. The van der Waals surface area contributed by atoms with E-state index >= 15 is 0 Å². The molecule has 0 spiro atoms. The van der Waals surface area contributed by atoms with Gasteiger partial charge in [0.1, 0.15) is 22.9 Å². The molecule has 5 nitrogen and oxygen atoms in total. The van der Waals surface area contributed by atoms with E-state index in [2.05, 4.69) is 16.0 Å². The first-order chi connectivity index (χ1) is 17.7. The maximum atomic E-state index is 14.1. The number of halogens is 1. The molecule has 0 aliphatic carbocycles. The predicted molar refractivity (Wildman–Crippen MR) is 138 cm³/mol. The minimum absolute atomic E-state index is 0. The third-order valence-corrected chi connectivity index (χ3v) is 6.36. The number of hydrogen-bond acceptors (Lipinski definition) is 4. The molecule has 3 aromatic heterocycles. The van der Waals surface area contributed by atoms with Crippen LogP contribution in [0, 0.1) is 11.9 Å². The van der Waals surface area contributed by atoms with Gasteiger partial charge in [0, 0.05) is 61.4 Å². The second-order valence-electron chi connectivity index (χ2n) is 8.54. The summed E-state index contributed by atoms with van der Waals surface area (Å²) in [6.07, 6.45) is 1.45. The molecule has 0 atom stereocenters. The number of para-hydroxylation sites is 1. The van der Waals surface area contributed by atoms with Crippen LogP contribution in [0.2, 0.25) is 0 Å². The van der Waals surface area contributed by atoms with Gasteiger partial charge in [-0.2, -0.15) is 6.07 Å². The molecule has 7 rings (SSSR count). The molecule has 37 heavy (non-hydrogen) atoms. The molecule has 0 saturated heterocycles. The van der Waals surface area contributed by atoms with Gasteiger partial charge in [0.15, 0.2) is 0 Å². The van der Waals surface area contributed by atoms with Crippen molar-refractivity contribution in [3.05, 3.63) is 109 Å². The first-order valence-corrected chi connectivity index (χ1v) is 11.4. The third kappa shape index (κ3) is 3.81. The summed E-state index contributed by atoms with van der Waals surface area (Å²) in [6, 6.07) is 30.9. The van der Waals surface area contributed by atoms with Crippen LogP contribution in [0.25, 0.3) is 49.3 Å². The Bertz CT molecular complexity index is 1970. The molecule has 0 fully saturated rings. The second kappa shape index (κ2) is 8.98. The Morgan fingerprint density at radius 1 is 0.811 bits per heavy atom. The maximum absolute atomic E-state index is 14.1. The summed E-state index contributed by atoms with van der Waals surface area (Å²) in [7, 11) is 0. The summed E-state index contributed by atoms with van der Waals surface area (Å²) in [6.45, 7) is 0. The molecule has 1 N–H and O–H groups in total. The fraction of sp³-hybridized carbons (Fsp3) is 0. The van der Waals surface area contributed by atoms with Gasteiger partial charge in [-0.25, -0.2) is 14.4 Å². The van der Waals surface area contributed by atoms with E-state index in [1.54, 1.807) is 6.07 Å². The number of nitrogens with zero attached hydrogens (tertiary/aromatic N) is 3. The second-order valence-corrected chi connectivity index (χ2v) is 8.54. The topological polar surface area (TPSA) is 60.2 Å². The van der Waals surface area contributed by atoms with Gasteiger partial charge in [-0.05, 0) is 35.0 Å². The van der Waals surface area contributed by atoms with Crippen LogP contribution in [-0.4, -0.2) is 19.6 Å². The number of phenols is 1. The van der Waals surface area contributed by atoms with E-state index in [-0.39, 0.29) is 32.6 Å². The average molecular weight is 666 g/mol. The van der Waals surface area contributed by atoms with Crippen molar-refractivity contribution in [1.82, 2.24) is 14.5 Å². The molecule has 3 heterocycles. The zero-order valence-corrected chi connectivity index (χ0v) is 21.4. The van der Waals surface area contributed by atoms with Crippen LogP contribution in [0.15, 0.2) is 97.2 Å². The number of ether oxygens (including phenoxy) is 1. The minimum Gasteiger partial charge on any atom is -0.505 e. The normalized spacial score (nSPS) is 11.3. The Morgan fingerprint density at radius 2 is 1.62 bits per heavy atom. The van der Waals surface area contributed by atoms with Crippen molar-refractivity contribution in [3.63, 3.8) is 0 Å². The Balaban J connectivity index is 0.00000252. The van der Waals surface area contributed by atoms with Crippen molar-refractivity contribution in [2.75, 3.05) is 0 Å². The standard InChI is InChI=1S/C30H17FN3O2.Pt/c31-20-13-14-32-27(16-20)34-25-8-4-3-7-23(25)24-11-10-21(17-26(24)34)36-28-12-9-19-15-18-5-1-2-6-22(18)30(35)29(19)33-28;/h1-16,35H;/q-1;. The Kier molecular flexibility index (Phi) is 5.62. The first-order valence-electron chi connectivity index (χ1n) is 11.4. The zero-order valence-electron chi connectivity index (χ0n) is 19.1. The van der Waals surface area contributed by atoms with E-state index in [1.807, 2.05) is 77.4 Å². The fourth-order valence-corrected chi connectivity index (χ4v) is 4.75. The van der Waals surface area contributed by atoms with E-state index in [1.165, 1.54) is 18.3 Å². The average Bonchev–Trinajstić information content (AvgIpc) is 3.23. The van der Waals surface area contributed by atoms with Crippen LogP contribution in [0.5, 0.6) is 17.4 Å². The molecule has 7 aromatic rings. The molecular weight excluding hydrogens is 648 g/mol. The van der Waals surface area contributed by atoms with Crippen LogP contribution >= 0.6 is 0 Å². The Hall–Kier alpha value is -4.28. The summed E-state index contributed by atoms with van der Waals surface area (Å²) in [5.74, 6) is 0.969. The molecule has 0 aliphatic rings. The molecule has 0 bridgehead atoms. The minimum atomic E-state index is -0.369. The summed E-state index contributed by atoms with van der Waals surface area (Å²) < 4.78 is 22.0. The summed E-state index contributed by atoms with van der Waals surface area (Å²) in [5, 5.41) is 15.3. The molecule has 0 radical (unpaired) electrons. The summed E-state index contributed by atoms with van der Waals surface area (Å²) in [4.78, 5) is 8.96. The molecular formula is C30H17FN3O2Pt-. The van der Waals surface area contributed by atoms with Crippen LogP contribution in [-0.2, 0) is 21.1 Å². The van der Waals surface area contributed by atoms with E-state index in [4.69, 9.17) is 4.74 Å². The number of pyridine rings is 2. The number of rotatable bonds is 3. The largest absolute Gasteiger partial charge is 0.505 e. The van der Waals surface area contributed by atoms with Crippen molar-refractivity contribution in [2.45, 2.75) is 0 Å². The van der Waals surface area contributed by atoms with E-state index in [0.717, 1.165) is 32.4 Å². The molecule has 0 unspecified atom stereocenters. The number of aromatic hydroxyl groups is 1. The van der Waals surface area contributed by atoms with Crippen molar-refractivity contribution in [2.24, 2.45) is 0 Å². The Morgan fingerprint density at radius 3 is 2.49 bits per heavy atom. The van der Waals surface area contributed by atoms with Crippen LogP contribution in [0.3, 0.4) is 0 Å². The van der Waals surface area contributed by atoms with Gasteiger partial charge in [0.2, 0.25) is 5.88 Å².